The van der Waals surface area contributed by atoms with Crippen LogP contribution in [0, 0.1) is 0 Å². The fourth-order valence-electron chi connectivity index (χ4n) is 1.58. The van der Waals surface area contributed by atoms with Crippen LogP contribution in [0.4, 0.5) is 5.82 Å². The Kier molecular flexibility index (Phi) is 3.52. The molecule has 0 aliphatic heterocycles. The normalized spacial score (nSPS) is 10.1. The molecule has 5 heteroatoms. The van der Waals surface area contributed by atoms with Crippen molar-refractivity contribution in [1.82, 2.24) is 9.97 Å². The summed E-state index contributed by atoms with van der Waals surface area (Å²) in [5, 5.41) is 8.92. The highest BCUT2D eigenvalue weighted by Crippen LogP contribution is 2.13. The molecule has 2 aromatic heterocycles. The second-order valence-corrected chi connectivity index (χ2v) is 3.89. The summed E-state index contributed by atoms with van der Waals surface area (Å²) in [6, 6.07) is 8.70. The van der Waals surface area contributed by atoms with Crippen LogP contribution in [0.15, 0.2) is 42.7 Å². The van der Waals surface area contributed by atoms with E-state index in [0.29, 0.717) is 12.4 Å². The summed E-state index contributed by atoms with van der Waals surface area (Å²) in [4.78, 5) is 21.1. The summed E-state index contributed by atoms with van der Waals surface area (Å²) in [7, 11) is 1.85. The first-order chi connectivity index (χ1) is 8.66. The van der Waals surface area contributed by atoms with Crippen molar-refractivity contribution in [3.8, 4) is 0 Å². The Morgan fingerprint density at radius 1 is 1.28 bits per heavy atom. The molecule has 0 spiro atoms. The van der Waals surface area contributed by atoms with Crippen LogP contribution >= 0.6 is 0 Å². The van der Waals surface area contributed by atoms with Gasteiger partial charge in [-0.2, -0.15) is 0 Å². The summed E-state index contributed by atoms with van der Waals surface area (Å²) in [5.74, 6) is -0.342. The smallest absolute Gasteiger partial charge is 0.335 e. The average molecular weight is 243 g/mol. The van der Waals surface area contributed by atoms with E-state index in [1.54, 1.807) is 12.3 Å². The molecule has 0 fully saturated rings. The largest absolute Gasteiger partial charge is 0.478 e. The maximum atomic E-state index is 10.9. The van der Waals surface area contributed by atoms with Crippen molar-refractivity contribution in [2.45, 2.75) is 6.54 Å². The molecule has 0 aliphatic carbocycles. The van der Waals surface area contributed by atoms with E-state index < -0.39 is 5.97 Å². The number of pyridine rings is 2. The number of hydrogen-bond donors (Lipinski definition) is 1. The Morgan fingerprint density at radius 2 is 2.11 bits per heavy atom. The molecular weight excluding hydrogens is 230 g/mol. The van der Waals surface area contributed by atoms with Gasteiger partial charge in [0.15, 0.2) is 0 Å². The summed E-state index contributed by atoms with van der Waals surface area (Å²) >= 11 is 0. The molecule has 2 heterocycles. The zero-order valence-electron chi connectivity index (χ0n) is 9.95. The number of carboxylic acids is 1. The third-order valence-corrected chi connectivity index (χ3v) is 2.51. The van der Waals surface area contributed by atoms with Crippen LogP contribution in [-0.4, -0.2) is 28.1 Å². The van der Waals surface area contributed by atoms with Crippen LogP contribution in [0.3, 0.4) is 0 Å². The molecule has 0 unspecified atom stereocenters. The molecule has 0 radical (unpaired) electrons. The summed E-state index contributed by atoms with van der Waals surface area (Å²) in [6.07, 6.45) is 3.22. The Hall–Kier alpha value is -2.43. The molecule has 0 saturated carbocycles. The summed E-state index contributed by atoms with van der Waals surface area (Å²) in [5.41, 5.74) is 1.13. The van der Waals surface area contributed by atoms with Crippen molar-refractivity contribution in [2.75, 3.05) is 11.9 Å². The lowest BCUT2D eigenvalue weighted by Crippen LogP contribution is -2.18. The Morgan fingerprint density at radius 3 is 2.78 bits per heavy atom. The van der Waals surface area contributed by atoms with Crippen molar-refractivity contribution in [1.29, 1.82) is 0 Å². The number of rotatable bonds is 4. The Bertz CT molecular complexity index is 543. The first kappa shape index (κ1) is 12.0. The van der Waals surface area contributed by atoms with Crippen molar-refractivity contribution >= 4 is 11.8 Å². The average Bonchev–Trinajstić information content (AvgIpc) is 2.40. The minimum Gasteiger partial charge on any atom is -0.478 e. The van der Waals surface area contributed by atoms with E-state index >= 15 is 0 Å². The second-order valence-electron chi connectivity index (χ2n) is 3.89. The van der Waals surface area contributed by atoms with Crippen LogP contribution in [0.5, 0.6) is 0 Å². The van der Waals surface area contributed by atoms with Gasteiger partial charge in [-0.3, -0.25) is 4.98 Å². The van der Waals surface area contributed by atoms with Gasteiger partial charge in [0.2, 0.25) is 0 Å². The molecule has 2 rings (SSSR count). The van der Waals surface area contributed by atoms with Crippen LogP contribution in [-0.2, 0) is 6.54 Å². The zero-order valence-corrected chi connectivity index (χ0v) is 9.95. The van der Waals surface area contributed by atoms with Crippen molar-refractivity contribution < 1.29 is 9.90 Å². The predicted octanol–water partition coefficient (Wildman–Crippen LogP) is 1.81. The number of anilines is 1. The van der Waals surface area contributed by atoms with Gasteiger partial charge in [0.25, 0.3) is 0 Å². The molecule has 1 N–H and O–H groups in total. The molecule has 0 aromatic carbocycles. The molecule has 2 aromatic rings. The van der Waals surface area contributed by atoms with E-state index in [0.717, 1.165) is 5.69 Å². The van der Waals surface area contributed by atoms with Gasteiger partial charge < -0.3 is 10.0 Å². The molecule has 92 valence electrons. The number of nitrogens with zero attached hydrogens (tertiary/aromatic N) is 3. The maximum Gasteiger partial charge on any atom is 0.335 e. The van der Waals surface area contributed by atoms with Crippen LogP contribution in [0.1, 0.15) is 16.1 Å². The van der Waals surface area contributed by atoms with Crippen LogP contribution in [0.25, 0.3) is 0 Å². The molecule has 0 amide bonds. The highest BCUT2D eigenvalue weighted by atomic mass is 16.4. The molecule has 0 atom stereocenters. The van der Waals surface area contributed by atoms with E-state index in [9.17, 15) is 4.79 Å². The quantitative estimate of drug-likeness (QED) is 0.887. The van der Waals surface area contributed by atoms with E-state index in [2.05, 4.69) is 9.97 Å². The highest BCUT2D eigenvalue weighted by molar-refractivity contribution is 5.88. The highest BCUT2D eigenvalue weighted by Gasteiger charge is 2.08. The SMILES string of the molecule is CN(Cc1ccccn1)c1cc(C(=O)O)ccn1. The summed E-state index contributed by atoms with van der Waals surface area (Å²) in [6.45, 7) is 0.580. The molecular formula is C13H13N3O2. The first-order valence-electron chi connectivity index (χ1n) is 5.47. The maximum absolute atomic E-state index is 10.9. The number of aromatic nitrogens is 2. The van der Waals surface area contributed by atoms with Crippen LogP contribution in [0.2, 0.25) is 0 Å². The third kappa shape index (κ3) is 2.82. The van der Waals surface area contributed by atoms with E-state index in [1.807, 2.05) is 30.1 Å². The van der Waals surface area contributed by atoms with Gasteiger partial charge >= 0.3 is 5.97 Å². The number of carbonyl (C=O) groups is 1. The monoisotopic (exact) mass is 243 g/mol. The van der Waals surface area contributed by atoms with Crippen LogP contribution < -0.4 is 4.90 Å². The van der Waals surface area contributed by atoms with E-state index in [4.69, 9.17) is 5.11 Å². The molecule has 18 heavy (non-hydrogen) atoms. The summed E-state index contributed by atoms with van der Waals surface area (Å²) < 4.78 is 0. The molecule has 5 nitrogen and oxygen atoms in total. The topological polar surface area (TPSA) is 66.3 Å². The lowest BCUT2D eigenvalue weighted by atomic mass is 10.2. The standard InChI is InChI=1S/C13H13N3O2/c1-16(9-11-4-2-3-6-14-11)12-8-10(13(17)18)5-7-15-12/h2-8H,9H2,1H3,(H,17,18). The van der Waals surface area contributed by atoms with Gasteiger partial charge in [-0.1, -0.05) is 6.07 Å². The molecule has 0 aliphatic rings. The molecule has 0 saturated heterocycles. The number of aromatic carboxylic acids is 1. The zero-order chi connectivity index (χ0) is 13.0. The van der Waals surface area contributed by atoms with Gasteiger partial charge in [0.05, 0.1) is 17.8 Å². The number of hydrogen-bond acceptors (Lipinski definition) is 4. The lowest BCUT2D eigenvalue weighted by Gasteiger charge is -2.17. The molecule has 0 bridgehead atoms. The van der Waals surface area contributed by atoms with Gasteiger partial charge in [-0.25, -0.2) is 9.78 Å². The third-order valence-electron chi connectivity index (χ3n) is 2.51. The fraction of sp³-hybridized carbons (Fsp3) is 0.154. The number of carboxylic acid groups (broad SMARTS) is 1. The van der Waals surface area contributed by atoms with Gasteiger partial charge in [-0.05, 0) is 24.3 Å². The van der Waals surface area contributed by atoms with Crippen molar-refractivity contribution in [3.63, 3.8) is 0 Å². The lowest BCUT2D eigenvalue weighted by molar-refractivity contribution is 0.0697. The van der Waals surface area contributed by atoms with E-state index in [1.165, 1.54) is 12.3 Å². The minimum atomic E-state index is -0.954. The Balaban J connectivity index is 2.16. The second kappa shape index (κ2) is 5.27. The first-order valence-corrected chi connectivity index (χ1v) is 5.47. The van der Waals surface area contributed by atoms with Gasteiger partial charge in [0, 0.05) is 19.4 Å². The van der Waals surface area contributed by atoms with Gasteiger partial charge in [-0.15, -0.1) is 0 Å². The van der Waals surface area contributed by atoms with E-state index in [-0.39, 0.29) is 5.56 Å². The predicted molar refractivity (Wildman–Crippen MR) is 67.5 cm³/mol. The minimum absolute atomic E-state index is 0.230. The van der Waals surface area contributed by atoms with Gasteiger partial charge in [0.1, 0.15) is 5.82 Å². The fourth-order valence-corrected chi connectivity index (χ4v) is 1.58. The Labute approximate surface area is 105 Å². The van der Waals surface area contributed by atoms with Crippen molar-refractivity contribution in [2.24, 2.45) is 0 Å². The van der Waals surface area contributed by atoms with Crippen molar-refractivity contribution in [3.05, 3.63) is 54.0 Å².